The lowest BCUT2D eigenvalue weighted by Gasteiger charge is -2.35. The lowest BCUT2D eigenvalue weighted by Crippen LogP contribution is -2.46. The van der Waals surface area contributed by atoms with Crippen LogP contribution in [0.15, 0.2) is 29.3 Å². The summed E-state index contributed by atoms with van der Waals surface area (Å²) in [6, 6.07) is 6.50. The minimum atomic E-state index is -4.34. The van der Waals surface area contributed by atoms with E-state index in [2.05, 4.69) is 34.4 Å². The second-order valence-corrected chi connectivity index (χ2v) is 7.54. The number of nitrogens with one attached hydrogen (secondary N) is 2. The van der Waals surface area contributed by atoms with E-state index in [-0.39, 0.29) is 18.0 Å². The summed E-state index contributed by atoms with van der Waals surface area (Å²) in [7, 11) is 0. The van der Waals surface area contributed by atoms with Crippen molar-refractivity contribution in [1.29, 1.82) is 0 Å². The molecule has 0 amide bonds. The van der Waals surface area contributed by atoms with Crippen LogP contribution in [0, 0.1) is 0 Å². The van der Waals surface area contributed by atoms with Crippen LogP contribution >= 0.6 is 0 Å². The molecule has 9 heteroatoms. The van der Waals surface area contributed by atoms with Crippen molar-refractivity contribution in [1.82, 2.24) is 15.5 Å². The van der Waals surface area contributed by atoms with Crippen LogP contribution in [0.5, 0.6) is 5.75 Å². The number of ether oxygens (including phenoxy) is 2. The van der Waals surface area contributed by atoms with Crippen molar-refractivity contribution in [2.45, 2.75) is 52.1 Å². The lowest BCUT2D eigenvalue weighted by atomic mass is 10.2. The van der Waals surface area contributed by atoms with Crippen LogP contribution in [0.1, 0.15) is 32.8 Å². The van der Waals surface area contributed by atoms with Gasteiger partial charge in [-0.25, -0.2) is 4.99 Å². The Balaban J connectivity index is 1.75. The normalized spacial score (nSPS) is 20.8. The third-order valence-electron chi connectivity index (χ3n) is 4.53. The fourth-order valence-corrected chi connectivity index (χ4v) is 3.34. The van der Waals surface area contributed by atoms with E-state index < -0.39 is 12.8 Å². The third-order valence-corrected chi connectivity index (χ3v) is 4.53. The van der Waals surface area contributed by atoms with E-state index in [4.69, 9.17) is 9.47 Å². The first-order valence-electron chi connectivity index (χ1n) is 10.4. The second-order valence-electron chi connectivity index (χ2n) is 7.54. The zero-order valence-corrected chi connectivity index (χ0v) is 18.0. The highest BCUT2D eigenvalue weighted by molar-refractivity contribution is 5.79. The average Bonchev–Trinajstić information content (AvgIpc) is 2.67. The highest BCUT2D eigenvalue weighted by Crippen LogP contribution is 2.19. The van der Waals surface area contributed by atoms with Crippen molar-refractivity contribution in [3.8, 4) is 5.75 Å². The number of guanidine groups is 1. The molecule has 2 rings (SSSR count). The quantitative estimate of drug-likeness (QED) is 0.358. The van der Waals surface area contributed by atoms with E-state index >= 15 is 0 Å². The van der Waals surface area contributed by atoms with Gasteiger partial charge in [0.15, 0.2) is 12.6 Å². The highest BCUT2D eigenvalue weighted by atomic mass is 19.4. The standard InChI is InChI=1S/C21H33F3N4O2/c1-4-25-20(26-10-5-11-28-13-16(2)30-17(3)14-28)27-12-18-6-8-19(9-7-18)29-15-21(22,23)24/h6-9,16-17H,4-5,10-15H2,1-3H3,(H2,25,26,27). The summed E-state index contributed by atoms with van der Waals surface area (Å²) in [5.41, 5.74) is 0.892. The molecule has 0 radical (unpaired) electrons. The highest BCUT2D eigenvalue weighted by Gasteiger charge is 2.28. The number of benzene rings is 1. The first-order chi connectivity index (χ1) is 14.2. The van der Waals surface area contributed by atoms with Gasteiger partial charge in [-0.1, -0.05) is 12.1 Å². The number of hydrogen-bond donors (Lipinski definition) is 2. The maximum Gasteiger partial charge on any atom is 0.422 e. The molecule has 1 aromatic carbocycles. The van der Waals surface area contributed by atoms with Gasteiger partial charge in [-0.05, 0) is 44.9 Å². The molecule has 1 saturated heterocycles. The summed E-state index contributed by atoms with van der Waals surface area (Å²) in [4.78, 5) is 6.97. The molecule has 1 heterocycles. The number of morpholine rings is 1. The molecule has 1 aliphatic heterocycles. The number of aliphatic imine (C=N–C) groups is 1. The SMILES string of the molecule is CCNC(=NCc1ccc(OCC(F)(F)F)cc1)NCCCN1CC(C)OC(C)C1. The molecule has 1 aliphatic rings. The Hall–Kier alpha value is -2.00. The Labute approximate surface area is 176 Å². The van der Waals surface area contributed by atoms with Crippen LogP contribution in [0.3, 0.4) is 0 Å². The predicted octanol–water partition coefficient (Wildman–Crippen LogP) is 3.18. The lowest BCUT2D eigenvalue weighted by molar-refractivity contribution is -0.153. The molecule has 0 spiro atoms. The van der Waals surface area contributed by atoms with Crippen molar-refractivity contribution in [2.75, 3.05) is 39.3 Å². The third kappa shape index (κ3) is 9.67. The van der Waals surface area contributed by atoms with Gasteiger partial charge >= 0.3 is 6.18 Å². The van der Waals surface area contributed by atoms with Crippen LogP contribution in [0.25, 0.3) is 0 Å². The topological polar surface area (TPSA) is 58.1 Å². The van der Waals surface area contributed by atoms with Crippen molar-refractivity contribution >= 4 is 5.96 Å². The van der Waals surface area contributed by atoms with E-state index in [1.807, 2.05) is 6.92 Å². The fourth-order valence-electron chi connectivity index (χ4n) is 3.34. The number of alkyl halides is 3. The number of hydrogen-bond acceptors (Lipinski definition) is 4. The minimum Gasteiger partial charge on any atom is -0.484 e. The van der Waals surface area contributed by atoms with Gasteiger partial charge in [-0.2, -0.15) is 13.2 Å². The van der Waals surface area contributed by atoms with Crippen molar-refractivity contribution < 1.29 is 22.6 Å². The van der Waals surface area contributed by atoms with Gasteiger partial charge in [0.2, 0.25) is 0 Å². The summed E-state index contributed by atoms with van der Waals surface area (Å²) in [6.45, 7) is 9.81. The molecular weight excluding hydrogens is 397 g/mol. The van der Waals surface area contributed by atoms with Crippen LogP contribution in [0.2, 0.25) is 0 Å². The Kier molecular flexibility index (Phi) is 9.71. The second kappa shape index (κ2) is 12.0. The van der Waals surface area contributed by atoms with Gasteiger partial charge in [-0.15, -0.1) is 0 Å². The molecule has 2 N–H and O–H groups in total. The number of nitrogens with zero attached hydrogens (tertiary/aromatic N) is 2. The number of halogens is 3. The largest absolute Gasteiger partial charge is 0.484 e. The van der Waals surface area contributed by atoms with Crippen molar-refractivity contribution in [3.63, 3.8) is 0 Å². The molecule has 2 atom stereocenters. The van der Waals surface area contributed by atoms with Gasteiger partial charge in [0.25, 0.3) is 0 Å². The first-order valence-corrected chi connectivity index (χ1v) is 10.4. The molecule has 170 valence electrons. The summed E-state index contributed by atoms with van der Waals surface area (Å²) in [5, 5.41) is 6.54. The smallest absolute Gasteiger partial charge is 0.422 e. The van der Waals surface area contributed by atoms with E-state index in [9.17, 15) is 13.2 Å². The molecular formula is C21H33F3N4O2. The Morgan fingerprint density at radius 2 is 1.83 bits per heavy atom. The molecule has 0 aliphatic carbocycles. The van der Waals surface area contributed by atoms with Crippen molar-refractivity contribution in [2.24, 2.45) is 4.99 Å². The summed E-state index contributed by atoms with van der Waals surface area (Å²) >= 11 is 0. The van der Waals surface area contributed by atoms with Gasteiger partial charge in [0.1, 0.15) is 5.75 Å². The monoisotopic (exact) mass is 430 g/mol. The molecule has 1 fully saturated rings. The van der Waals surface area contributed by atoms with E-state index in [1.54, 1.807) is 12.1 Å². The Morgan fingerprint density at radius 1 is 1.17 bits per heavy atom. The van der Waals surface area contributed by atoms with E-state index in [0.29, 0.717) is 6.54 Å². The molecule has 1 aromatic rings. The van der Waals surface area contributed by atoms with Crippen LogP contribution in [-0.2, 0) is 11.3 Å². The number of rotatable bonds is 9. The van der Waals surface area contributed by atoms with E-state index in [0.717, 1.165) is 50.7 Å². The maximum absolute atomic E-state index is 12.2. The van der Waals surface area contributed by atoms with Crippen molar-refractivity contribution in [3.05, 3.63) is 29.8 Å². The van der Waals surface area contributed by atoms with Gasteiger partial charge in [0.05, 0.1) is 18.8 Å². The minimum absolute atomic E-state index is 0.192. The molecule has 0 bridgehead atoms. The van der Waals surface area contributed by atoms with E-state index in [1.165, 1.54) is 12.1 Å². The van der Waals surface area contributed by atoms with Crippen LogP contribution in [-0.4, -0.2) is 68.6 Å². The first kappa shape index (κ1) is 24.3. The molecule has 2 unspecified atom stereocenters. The average molecular weight is 431 g/mol. The molecule has 0 aromatic heterocycles. The molecule has 30 heavy (non-hydrogen) atoms. The molecule has 6 nitrogen and oxygen atoms in total. The molecule has 0 saturated carbocycles. The predicted molar refractivity (Wildman–Crippen MR) is 112 cm³/mol. The van der Waals surface area contributed by atoms with Gasteiger partial charge in [-0.3, -0.25) is 4.90 Å². The summed E-state index contributed by atoms with van der Waals surface area (Å²) in [6.07, 6.45) is -2.81. The Morgan fingerprint density at radius 3 is 2.43 bits per heavy atom. The zero-order chi connectivity index (χ0) is 22.0. The van der Waals surface area contributed by atoms with Gasteiger partial charge < -0.3 is 20.1 Å². The zero-order valence-electron chi connectivity index (χ0n) is 18.0. The van der Waals surface area contributed by atoms with Crippen LogP contribution < -0.4 is 15.4 Å². The summed E-state index contributed by atoms with van der Waals surface area (Å²) in [5.74, 6) is 0.912. The maximum atomic E-state index is 12.2. The van der Waals surface area contributed by atoms with Crippen LogP contribution in [0.4, 0.5) is 13.2 Å². The summed E-state index contributed by atoms with van der Waals surface area (Å²) < 4.78 is 47.1. The fraction of sp³-hybridized carbons (Fsp3) is 0.667. The Bertz CT molecular complexity index is 643. The van der Waals surface area contributed by atoms with Gasteiger partial charge in [0, 0.05) is 32.7 Å².